The molecule has 1 aliphatic rings. The van der Waals surface area contributed by atoms with E-state index in [2.05, 4.69) is 42.0 Å². The first-order valence-electron chi connectivity index (χ1n) is 10.8. The summed E-state index contributed by atoms with van der Waals surface area (Å²) in [7, 11) is 2.10. The van der Waals surface area contributed by atoms with Crippen molar-refractivity contribution in [1.82, 2.24) is 30.0 Å². The summed E-state index contributed by atoms with van der Waals surface area (Å²) in [5.74, 6) is -0.745. The molecule has 1 saturated heterocycles. The van der Waals surface area contributed by atoms with Crippen LogP contribution in [-0.2, 0) is 0 Å². The molecule has 3 aromatic heterocycles. The number of aromatic nitrogens is 5. The largest absolute Gasteiger partial charge is 0.338 e. The van der Waals surface area contributed by atoms with E-state index in [0.29, 0.717) is 33.7 Å². The number of benzene rings is 1. The van der Waals surface area contributed by atoms with Gasteiger partial charge in [-0.15, -0.1) is 0 Å². The van der Waals surface area contributed by atoms with Crippen molar-refractivity contribution in [3.63, 3.8) is 0 Å². The van der Waals surface area contributed by atoms with Crippen molar-refractivity contribution in [2.24, 2.45) is 5.73 Å². The van der Waals surface area contributed by atoms with E-state index in [1.807, 2.05) is 0 Å². The second-order valence-corrected chi connectivity index (χ2v) is 8.40. The molecule has 3 N–H and O–H groups in total. The van der Waals surface area contributed by atoms with Crippen molar-refractivity contribution >= 4 is 16.9 Å². The van der Waals surface area contributed by atoms with E-state index < -0.39 is 17.7 Å². The van der Waals surface area contributed by atoms with Crippen molar-refractivity contribution < 1.29 is 8.78 Å². The fraction of sp³-hybridized carbons (Fsp3) is 0.304. The molecule has 0 amide bonds. The highest BCUT2D eigenvalue weighted by Gasteiger charge is 2.20. The molecule has 0 aliphatic carbocycles. The number of hydrogen-bond acceptors (Lipinski definition) is 7. The Bertz CT molecular complexity index is 1270. The van der Waals surface area contributed by atoms with Gasteiger partial charge in [0.2, 0.25) is 5.95 Å². The summed E-state index contributed by atoms with van der Waals surface area (Å²) in [5, 5.41) is 7.95. The summed E-state index contributed by atoms with van der Waals surface area (Å²) < 4.78 is 29.5. The normalized spacial score (nSPS) is 15.8. The summed E-state index contributed by atoms with van der Waals surface area (Å²) in [6.45, 7) is 5.34. The number of H-pyrrole nitrogens is 1. The number of likely N-dealkylation sites (N-methyl/N-ethyl adjacent to an activating group) is 1. The number of piperazine rings is 1. The van der Waals surface area contributed by atoms with Gasteiger partial charge in [0, 0.05) is 55.6 Å². The summed E-state index contributed by atoms with van der Waals surface area (Å²) in [6.07, 6.45) is 4.95. The van der Waals surface area contributed by atoms with Gasteiger partial charge in [0.1, 0.15) is 17.3 Å². The molecule has 1 aliphatic heterocycles. The monoisotopic (exact) mass is 450 g/mol. The molecule has 5 rings (SSSR count). The molecule has 10 heteroatoms. The topological polar surface area (TPSA) is 99.9 Å². The number of nitrogens with two attached hydrogens (primary N) is 1. The molecule has 8 nitrogen and oxygen atoms in total. The van der Waals surface area contributed by atoms with Crippen LogP contribution >= 0.6 is 0 Å². The first-order valence-corrected chi connectivity index (χ1v) is 10.8. The summed E-state index contributed by atoms with van der Waals surface area (Å²) in [6, 6.07) is 3.63. The quantitative estimate of drug-likeness (QED) is 0.493. The lowest BCUT2D eigenvalue weighted by atomic mass is 10.0. The van der Waals surface area contributed by atoms with Crippen molar-refractivity contribution in [2.45, 2.75) is 13.0 Å². The minimum absolute atomic E-state index is 0.173. The number of aromatic amines is 1. The zero-order valence-electron chi connectivity index (χ0n) is 18.4. The third-order valence-electron chi connectivity index (χ3n) is 5.99. The van der Waals surface area contributed by atoms with Crippen LogP contribution in [-0.4, -0.2) is 63.3 Å². The lowest BCUT2D eigenvalue weighted by Gasteiger charge is -2.32. The van der Waals surface area contributed by atoms with E-state index in [9.17, 15) is 8.78 Å². The number of pyridine rings is 1. The number of halogens is 2. The number of fused-ring (bicyclic) bond motifs is 1. The maximum Gasteiger partial charge on any atom is 0.225 e. The van der Waals surface area contributed by atoms with E-state index in [0.717, 1.165) is 26.2 Å². The summed E-state index contributed by atoms with van der Waals surface area (Å²) >= 11 is 0. The van der Waals surface area contributed by atoms with Crippen molar-refractivity contribution in [3.05, 3.63) is 54.0 Å². The molecule has 0 radical (unpaired) electrons. The minimum Gasteiger partial charge on any atom is -0.338 e. The molecule has 0 spiro atoms. The van der Waals surface area contributed by atoms with Crippen molar-refractivity contribution in [2.75, 3.05) is 38.1 Å². The SMILES string of the molecule is CC(N)c1cc(F)c(-c2cc3c(-c4cnc(N5CCN(C)CC5)nc4)n[nH]c3cn2)c(F)c1. The van der Waals surface area contributed by atoms with Crippen LogP contribution in [0.15, 0.2) is 36.8 Å². The highest BCUT2D eigenvalue weighted by atomic mass is 19.1. The van der Waals surface area contributed by atoms with Crippen LogP contribution in [0.4, 0.5) is 14.7 Å². The highest BCUT2D eigenvalue weighted by molar-refractivity contribution is 5.94. The molecule has 170 valence electrons. The predicted molar refractivity (Wildman–Crippen MR) is 123 cm³/mol. The van der Waals surface area contributed by atoms with Gasteiger partial charge in [-0.05, 0) is 37.7 Å². The molecule has 1 aromatic carbocycles. The zero-order valence-corrected chi connectivity index (χ0v) is 18.4. The van der Waals surface area contributed by atoms with Gasteiger partial charge in [-0.2, -0.15) is 5.10 Å². The van der Waals surface area contributed by atoms with Gasteiger partial charge in [-0.25, -0.2) is 18.7 Å². The Balaban J connectivity index is 1.50. The van der Waals surface area contributed by atoms with Crippen molar-refractivity contribution in [3.8, 4) is 22.5 Å². The molecular weight excluding hydrogens is 426 g/mol. The number of nitrogens with zero attached hydrogens (tertiary/aromatic N) is 6. The molecule has 1 unspecified atom stereocenters. The van der Waals surface area contributed by atoms with Gasteiger partial charge in [0.15, 0.2) is 0 Å². The average molecular weight is 450 g/mol. The fourth-order valence-electron chi connectivity index (χ4n) is 3.99. The number of nitrogens with one attached hydrogen (secondary N) is 1. The van der Waals surface area contributed by atoms with E-state index in [1.54, 1.807) is 25.4 Å². The van der Waals surface area contributed by atoms with Gasteiger partial charge < -0.3 is 15.5 Å². The number of hydrogen-bond donors (Lipinski definition) is 2. The molecule has 33 heavy (non-hydrogen) atoms. The highest BCUT2D eigenvalue weighted by Crippen LogP contribution is 2.32. The van der Waals surface area contributed by atoms with E-state index in [-0.39, 0.29) is 11.3 Å². The third kappa shape index (κ3) is 4.03. The lowest BCUT2D eigenvalue weighted by molar-refractivity contribution is 0.311. The molecule has 0 saturated carbocycles. The number of anilines is 1. The smallest absolute Gasteiger partial charge is 0.225 e. The Morgan fingerprint density at radius 2 is 1.64 bits per heavy atom. The standard InChI is InChI=1S/C23H24F2N8/c1-13(26)14-7-17(24)21(18(25)8-14)19-9-16-20(12-27-19)30-31-22(16)15-10-28-23(29-11-15)33-5-3-32(2)4-6-33/h7-13H,3-6,26H2,1-2H3,(H,30,31). The van der Waals surface area contributed by atoms with E-state index in [1.165, 1.54) is 18.3 Å². The Morgan fingerprint density at radius 1 is 0.970 bits per heavy atom. The molecule has 4 heterocycles. The predicted octanol–water partition coefficient (Wildman–Crippen LogP) is 3.13. The van der Waals surface area contributed by atoms with Gasteiger partial charge >= 0.3 is 0 Å². The second-order valence-electron chi connectivity index (χ2n) is 8.40. The fourth-order valence-corrected chi connectivity index (χ4v) is 3.99. The van der Waals surface area contributed by atoms with Crippen LogP contribution in [0.1, 0.15) is 18.5 Å². The average Bonchev–Trinajstić information content (AvgIpc) is 3.22. The molecule has 0 bridgehead atoms. The van der Waals surface area contributed by atoms with Gasteiger partial charge in [0.25, 0.3) is 0 Å². The Morgan fingerprint density at radius 3 is 2.27 bits per heavy atom. The minimum atomic E-state index is -0.709. The van der Waals surface area contributed by atoms with E-state index in [4.69, 9.17) is 5.73 Å². The molecule has 4 aromatic rings. The van der Waals surface area contributed by atoms with Crippen LogP contribution in [0.2, 0.25) is 0 Å². The Labute approximate surface area is 189 Å². The molecule has 1 fully saturated rings. The van der Waals surface area contributed by atoms with Gasteiger partial charge in [-0.3, -0.25) is 10.1 Å². The van der Waals surface area contributed by atoms with Gasteiger partial charge in [0.05, 0.1) is 23.0 Å². The first-order chi connectivity index (χ1) is 15.9. The third-order valence-corrected chi connectivity index (χ3v) is 5.99. The van der Waals surface area contributed by atoms with Crippen LogP contribution in [0.3, 0.4) is 0 Å². The maximum atomic E-state index is 14.8. The first kappa shape index (κ1) is 21.4. The zero-order chi connectivity index (χ0) is 23.1. The Hall–Kier alpha value is -3.50. The van der Waals surface area contributed by atoms with Crippen LogP contribution in [0.25, 0.3) is 33.4 Å². The second kappa shape index (κ2) is 8.45. The van der Waals surface area contributed by atoms with E-state index >= 15 is 0 Å². The summed E-state index contributed by atoms with van der Waals surface area (Å²) in [5.41, 5.74) is 8.06. The lowest BCUT2D eigenvalue weighted by Crippen LogP contribution is -2.45. The Kier molecular flexibility index (Phi) is 5.47. The van der Waals surface area contributed by atoms with Crippen LogP contribution in [0.5, 0.6) is 0 Å². The van der Waals surface area contributed by atoms with Crippen LogP contribution < -0.4 is 10.6 Å². The molecular formula is C23H24F2N8. The van der Waals surface area contributed by atoms with Gasteiger partial charge in [-0.1, -0.05) is 0 Å². The summed E-state index contributed by atoms with van der Waals surface area (Å²) in [4.78, 5) is 17.7. The molecule has 1 atom stereocenters. The maximum absolute atomic E-state index is 14.8. The van der Waals surface area contributed by atoms with Crippen molar-refractivity contribution in [1.29, 1.82) is 0 Å². The van der Waals surface area contributed by atoms with Crippen LogP contribution in [0, 0.1) is 11.6 Å². The number of rotatable bonds is 4.